The van der Waals surface area contributed by atoms with E-state index in [1.54, 1.807) is 6.92 Å². The molecule has 0 unspecified atom stereocenters. The molecule has 1 aromatic rings. The number of aromatic nitrogens is 2. The number of hydrogen-bond donors (Lipinski definition) is 2. The van der Waals surface area contributed by atoms with Gasteiger partial charge in [0.25, 0.3) is 0 Å². The number of carboxylic acids is 1. The van der Waals surface area contributed by atoms with Gasteiger partial charge in [-0.25, -0.2) is 14.7 Å². The molecular formula is C9H13ClN4O4S. The Morgan fingerprint density at radius 1 is 1.53 bits per heavy atom. The van der Waals surface area contributed by atoms with Gasteiger partial charge < -0.3 is 5.11 Å². The van der Waals surface area contributed by atoms with Crippen LogP contribution in [0.25, 0.3) is 0 Å². The van der Waals surface area contributed by atoms with E-state index in [0.29, 0.717) is 5.69 Å². The Bertz CT molecular complexity index is 557. The summed E-state index contributed by atoms with van der Waals surface area (Å²) in [6.45, 7) is 1.48. The Hall–Kier alpha value is -1.45. The Balaban J connectivity index is 2.81. The van der Waals surface area contributed by atoms with Crippen molar-refractivity contribution in [3.8, 4) is 0 Å². The van der Waals surface area contributed by atoms with Crippen molar-refractivity contribution >= 4 is 33.7 Å². The molecule has 0 aliphatic carbocycles. The zero-order valence-electron chi connectivity index (χ0n) is 10.3. The van der Waals surface area contributed by atoms with Gasteiger partial charge in [0.1, 0.15) is 5.15 Å². The second-order valence-electron chi connectivity index (χ2n) is 3.73. The molecule has 0 atom stereocenters. The van der Waals surface area contributed by atoms with E-state index in [2.05, 4.69) is 14.7 Å². The van der Waals surface area contributed by atoms with E-state index in [1.807, 2.05) is 0 Å². The van der Waals surface area contributed by atoms with Gasteiger partial charge in [0, 0.05) is 19.3 Å². The van der Waals surface area contributed by atoms with Gasteiger partial charge >= 0.3 is 16.2 Å². The molecule has 0 bridgehead atoms. The highest BCUT2D eigenvalue weighted by Crippen LogP contribution is 2.11. The minimum absolute atomic E-state index is 0.110. The maximum Gasteiger partial charge on any atom is 0.304 e. The van der Waals surface area contributed by atoms with E-state index in [4.69, 9.17) is 16.7 Å². The summed E-state index contributed by atoms with van der Waals surface area (Å²) in [5.74, 6) is -1.25. The van der Waals surface area contributed by atoms with Gasteiger partial charge in [-0.05, 0) is 13.0 Å². The summed E-state index contributed by atoms with van der Waals surface area (Å²) in [6.07, 6.45) is -0.299. The molecule has 0 aliphatic heterocycles. The third-order valence-electron chi connectivity index (χ3n) is 2.09. The van der Waals surface area contributed by atoms with Crippen LogP contribution >= 0.6 is 11.6 Å². The Morgan fingerprint density at radius 3 is 2.68 bits per heavy atom. The second-order valence-corrected chi connectivity index (χ2v) is 5.89. The van der Waals surface area contributed by atoms with Crippen LogP contribution in [0.3, 0.4) is 0 Å². The van der Waals surface area contributed by atoms with Crippen LogP contribution in [0.15, 0.2) is 6.07 Å². The molecule has 0 saturated heterocycles. The summed E-state index contributed by atoms with van der Waals surface area (Å²) in [5.41, 5.74) is 0.505. The van der Waals surface area contributed by atoms with Crippen molar-refractivity contribution < 1.29 is 18.3 Å². The monoisotopic (exact) mass is 308 g/mol. The fourth-order valence-corrected chi connectivity index (χ4v) is 2.19. The Morgan fingerprint density at radius 2 is 2.16 bits per heavy atom. The fraction of sp³-hybridized carbons (Fsp3) is 0.444. The zero-order valence-corrected chi connectivity index (χ0v) is 11.9. The molecule has 1 rings (SSSR count). The molecule has 10 heteroatoms. The SMILES string of the molecule is Cc1cc(Cl)nc(NS(=O)(=O)N(C)CCC(=O)O)n1. The van der Waals surface area contributed by atoms with E-state index in [9.17, 15) is 13.2 Å². The molecule has 0 saturated carbocycles. The lowest BCUT2D eigenvalue weighted by Crippen LogP contribution is -2.34. The van der Waals surface area contributed by atoms with E-state index < -0.39 is 16.2 Å². The number of aryl methyl sites for hydroxylation is 1. The van der Waals surface area contributed by atoms with Crippen LogP contribution in [-0.2, 0) is 15.0 Å². The lowest BCUT2D eigenvalue weighted by atomic mass is 10.4. The van der Waals surface area contributed by atoms with Crippen molar-refractivity contribution in [3.63, 3.8) is 0 Å². The first-order valence-corrected chi connectivity index (χ1v) is 6.99. The molecule has 0 amide bonds. The first-order chi connectivity index (χ1) is 8.70. The van der Waals surface area contributed by atoms with E-state index in [1.165, 1.54) is 13.1 Å². The highest BCUT2D eigenvalue weighted by Gasteiger charge is 2.19. The minimum atomic E-state index is -3.91. The second kappa shape index (κ2) is 6.13. The van der Waals surface area contributed by atoms with Crippen molar-refractivity contribution in [1.82, 2.24) is 14.3 Å². The molecule has 1 aromatic heterocycles. The first kappa shape index (κ1) is 15.6. The molecule has 0 radical (unpaired) electrons. The molecule has 0 fully saturated rings. The predicted octanol–water partition coefficient (Wildman–Crippen LogP) is 0.502. The zero-order chi connectivity index (χ0) is 14.6. The summed E-state index contributed by atoms with van der Waals surface area (Å²) < 4.78 is 26.7. The number of hydrogen-bond acceptors (Lipinski definition) is 5. The first-order valence-electron chi connectivity index (χ1n) is 5.18. The predicted molar refractivity (Wildman–Crippen MR) is 69.2 cm³/mol. The average Bonchev–Trinajstić information content (AvgIpc) is 2.23. The summed E-state index contributed by atoms with van der Waals surface area (Å²) in [7, 11) is -2.65. The molecule has 2 N–H and O–H groups in total. The maximum atomic E-state index is 11.8. The third-order valence-corrected chi connectivity index (χ3v) is 3.73. The number of nitrogens with zero attached hydrogens (tertiary/aromatic N) is 3. The van der Waals surface area contributed by atoms with Gasteiger partial charge in [-0.15, -0.1) is 0 Å². The van der Waals surface area contributed by atoms with Gasteiger partial charge in [0.2, 0.25) is 5.95 Å². The molecule has 0 spiro atoms. The van der Waals surface area contributed by atoms with E-state index >= 15 is 0 Å². The van der Waals surface area contributed by atoms with Gasteiger partial charge in [-0.1, -0.05) is 11.6 Å². The van der Waals surface area contributed by atoms with Gasteiger partial charge in [-0.3, -0.25) is 4.79 Å². The number of nitrogens with one attached hydrogen (secondary N) is 1. The summed E-state index contributed by atoms with van der Waals surface area (Å²) in [5, 5.41) is 8.62. The quantitative estimate of drug-likeness (QED) is 0.740. The lowest BCUT2D eigenvalue weighted by Gasteiger charge is -2.16. The number of rotatable bonds is 6. The average molecular weight is 309 g/mol. The number of aliphatic carboxylic acids is 1. The van der Waals surface area contributed by atoms with Crippen LogP contribution in [0.4, 0.5) is 5.95 Å². The van der Waals surface area contributed by atoms with Gasteiger partial charge in [0.05, 0.1) is 6.42 Å². The number of carboxylic acid groups (broad SMARTS) is 1. The molecule has 8 nitrogen and oxygen atoms in total. The minimum Gasteiger partial charge on any atom is -0.481 e. The molecule has 19 heavy (non-hydrogen) atoms. The molecule has 0 aliphatic rings. The van der Waals surface area contributed by atoms with Crippen LogP contribution in [0.1, 0.15) is 12.1 Å². The van der Waals surface area contributed by atoms with Crippen LogP contribution in [0.5, 0.6) is 0 Å². The number of anilines is 1. The maximum absolute atomic E-state index is 11.8. The third kappa shape index (κ3) is 4.97. The van der Waals surface area contributed by atoms with Gasteiger partial charge in [0.15, 0.2) is 0 Å². The largest absolute Gasteiger partial charge is 0.481 e. The molecule has 1 heterocycles. The fourth-order valence-electron chi connectivity index (χ4n) is 1.14. The molecule has 106 valence electrons. The Labute approximate surface area is 115 Å². The van der Waals surface area contributed by atoms with Crippen LogP contribution < -0.4 is 4.72 Å². The smallest absolute Gasteiger partial charge is 0.304 e. The van der Waals surface area contributed by atoms with Crippen LogP contribution in [0.2, 0.25) is 5.15 Å². The Kier molecular flexibility index (Phi) is 5.04. The van der Waals surface area contributed by atoms with Crippen molar-refractivity contribution in [3.05, 3.63) is 16.9 Å². The van der Waals surface area contributed by atoms with E-state index in [0.717, 1.165) is 4.31 Å². The number of carbonyl (C=O) groups is 1. The van der Waals surface area contributed by atoms with Crippen LogP contribution in [-0.4, -0.2) is 47.4 Å². The standard InChI is InChI=1S/C9H13ClN4O4S/c1-6-5-7(10)12-9(11-6)13-19(17,18)14(2)4-3-8(15)16/h5H,3-4H2,1-2H3,(H,15,16)(H,11,12,13). The summed E-state index contributed by atoms with van der Waals surface area (Å²) in [4.78, 5) is 18.0. The van der Waals surface area contributed by atoms with E-state index in [-0.39, 0.29) is 24.1 Å². The normalized spacial score (nSPS) is 11.6. The highest BCUT2D eigenvalue weighted by molar-refractivity contribution is 7.90. The highest BCUT2D eigenvalue weighted by atomic mass is 35.5. The van der Waals surface area contributed by atoms with Crippen molar-refractivity contribution in [1.29, 1.82) is 0 Å². The summed E-state index contributed by atoms with van der Waals surface area (Å²) in [6, 6.07) is 1.48. The van der Waals surface area contributed by atoms with Gasteiger partial charge in [-0.2, -0.15) is 12.7 Å². The van der Waals surface area contributed by atoms with Crippen LogP contribution in [0, 0.1) is 6.92 Å². The molecule has 0 aromatic carbocycles. The van der Waals surface area contributed by atoms with Crippen molar-refractivity contribution in [2.45, 2.75) is 13.3 Å². The number of halogens is 1. The van der Waals surface area contributed by atoms with Crippen molar-refractivity contribution in [2.24, 2.45) is 0 Å². The topological polar surface area (TPSA) is 112 Å². The summed E-state index contributed by atoms with van der Waals surface area (Å²) >= 11 is 5.68. The van der Waals surface area contributed by atoms with Crippen molar-refractivity contribution in [2.75, 3.05) is 18.3 Å². The lowest BCUT2D eigenvalue weighted by molar-refractivity contribution is -0.137. The molecular weight excluding hydrogens is 296 g/mol.